The third-order valence-corrected chi connectivity index (χ3v) is 6.69. The molecule has 2 heterocycles. The zero-order chi connectivity index (χ0) is 16.7. The molecule has 2 aliphatic rings. The number of hydrogen-bond acceptors (Lipinski definition) is 4. The summed E-state index contributed by atoms with van der Waals surface area (Å²) in [4.78, 5) is 2.94. The first-order valence-electron chi connectivity index (χ1n) is 9.07. The van der Waals surface area contributed by atoms with E-state index in [4.69, 9.17) is 0 Å². The van der Waals surface area contributed by atoms with Crippen LogP contribution in [0.2, 0.25) is 0 Å². The zero-order valence-electron chi connectivity index (χ0n) is 14.1. The Labute approximate surface area is 147 Å². The van der Waals surface area contributed by atoms with Gasteiger partial charge in [0, 0.05) is 28.3 Å². The van der Waals surface area contributed by atoms with Gasteiger partial charge in [-0.1, -0.05) is 19.8 Å². The fourth-order valence-electron chi connectivity index (χ4n) is 4.24. The number of rotatable bonds is 4. The van der Waals surface area contributed by atoms with Gasteiger partial charge in [0.05, 0.1) is 0 Å². The predicted octanol–water partition coefficient (Wildman–Crippen LogP) is 4.44. The number of hydrogen-bond donors (Lipinski definition) is 3. The van der Waals surface area contributed by atoms with Crippen molar-refractivity contribution in [3.05, 3.63) is 44.6 Å². The molecule has 0 fully saturated rings. The van der Waals surface area contributed by atoms with Crippen LogP contribution in [0.15, 0.2) is 18.2 Å². The van der Waals surface area contributed by atoms with Crippen molar-refractivity contribution in [3.63, 3.8) is 0 Å². The van der Waals surface area contributed by atoms with Gasteiger partial charge in [-0.05, 0) is 60.6 Å². The number of thiophene rings is 1. The number of fused-ring (bicyclic) bond motifs is 5. The maximum absolute atomic E-state index is 9.99. The molecular formula is C20H25NO2S. The van der Waals surface area contributed by atoms with Gasteiger partial charge in [0.25, 0.3) is 0 Å². The van der Waals surface area contributed by atoms with Gasteiger partial charge in [0.2, 0.25) is 0 Å². The second-order valence-electron chi connectivity index (χ2n) is 7.09. The number of aromatic hydroxyl groups is 2. The average Bonchev–Trinajstić information content (AvgIpc) is 2.99. The number of nitrogens with one attached hydrogen (secondary N) is 1. The predicted molar refractivity (Wildman–Crippen MR) is 98.1 cm³/mol. The smallest absolute Gasteiger partial charge is 0.157 e. The van der Waals surface area contributed by atoms with E-state index >= 15 is 0 Å². The summed E-state index contributed by atoms with van der Waals surface area (Å²) < 4.78 is 0. The van der Waals surface area contributed by atoms with Gasteiger partial charge in [-0.15, -0.1) is 11.3 Å². The van der Waals surface area contributed by atoms with Crippen LogP contribution in [-0.2, 0) is 19.4 Å². The molecule has 24 heavy (non-hydrogen) atoms. The lowest BCUT2D eigenvalue weighted by molar-refractivity contribution is 0.382. The van der Waals surface area contributed by atoms with Crippen LogP contribution < -0.4 is 5.32 Å². The molecule has 1 aromatic heterocycles. The molecule has 0 unspecified atom stereocenters. The maximum atomic E-state index is 9.99. The lowest BCUT2D eigenvalue weighted by Crippen LogP contribution is -2.41. The van der Waals surface area contributed by atoms with E-state index in [0.29, 0.717) is 12.0 Å². The standard InChI is InChI=1S/C20H25NO2S/c1-2-3-4-5-13-9-15-19(24-13)11-21-16-7-6-12-8-17(22)18(23)10-14(12)20(15)16/h8-10,16,20-23H,2-7,11H2,1H3/t16-,20+/m1/s1. The van der Waals surface area contributed by atoms with Gasteiger partial charge < -0.3 is 15.5 Å². The lowest BCUT2D eigenvalue weighted by atomic mass is 9.74. The number of aryl methyl sites for hydroxylation is 2. The van der Waals surface area contributed by atoms with E-state index in [9.17, 15) is 10.2 Å². The summed E-state index contributed by atoms with van der Waals surface area (Å²) >= 11 is 1.95. The summed E-state index contributed by atoms with van der Waals surface area (Å²) in [6.07, 6.45) is 7.04. The third-order valence-electron chi connectivity index (χ3n) is 5.48. The summed E-state index contributed by atoms with van der Waals surface area (Å²) in [6, 6.07) is 6.39. The molecule has 0 spiro atoms. The summed E-state index contributed by atoms with van der Waals surface area (Å²) in [5.74, 6) is 0.307. The van der Waals surface area contributed by atoms with Crippen molar-refractivity contribution in [2.45, 2.75) is 64.0 Å². The molecule has 0 radical (unpaired) electrons. The van der Waals surface area contributed by atoms with Crippen molar-refractivity contribution < 1.29 is 10.2 Å². The van der Waals surface area contributed by atoms with Crippen molar-refractivity contribution >= 4 is 11.3 Å². The van der Waals surface area contributed by atoms with Crippen LogP contribution in [0.3, 0.4) is 0 Å². The minimum absolute atomic E-state index is 0.0000719. The molecule has 1 aliphatic heterocycles. The first-order valence-corrected chi connectivity index (χ1v) is 9.88. The van der Waals surface area contributed by atoms with Crippen molar-refractivity contribution in [1.82, 2.24) is 5.32 Å². The second kappa shape index (κ2) is 6.41. The van der Waals surface area contributed by atoms with E-state index in [0.717, 1.165) is 19.4 Å². The van der Waals surface area contributed by atoms with E-state index < -0.39 is 0 Å². The highest BCUT2D eigenvalue weighted by Gasteiger charge is 2.36. The lowest BCUT2D eigenvalue weighted by Gasteiger charge is -2.38. The number of phenolic OH excluding ortho intramolecular Hbond substituents is 2. The minimum Gasteiger partial charge on any atom is -0.504 e. The first-order chi connectivity index (χ1) is 11.7. The van der Waals surface area contributed by atoms with Crippen LogP contribution >= 0.6 is 11.3 Å². The molecule has 128 valence electrons. The molecule has 0 saturated heterocycles. The molecule has 2 atom stereocenters. The molecule has 0 amide bonds. The molecule has 2 aromatic rings. The largest absolute Gasteiger partial charge is 0.504 e. The highest BCUT2D eigenvalue weighted by atomic mass is 32.1. The molecule has 4 rings (SSSR count). The van der Waals surface area contributed by atoms with Crippen LogP contribution in [-0.4, -0.2) is 16.3 Å². The van der Waals surface area contributed by atoms with E-state index in [1.807, 2.05) is 11.3 Å². The Morgan fingerprint density at radius 1 is 1.12 bits per heavy atom. The van der Waals surface area contributed by atoms with Crippen molar-refractivity contribution in [3.8, 4) is 11.5 Å². The van der Waals surface area contributed by atoms with Crippen molar-refractivity contribution in [2.24, 2.45) is 0 Å². The van der Waals surface area contributed by atoms with Crippen molar-refractivity contribution in [1.29, 1.82) is 0 Å². The highest BCUT2D eigenvalue weighted by Crippen LogP contribution is 2.46. The van der Waals surface area contributed by atoms with Gasteiger partial charge in [-0.3, -0.25) is 0 Å². The fourth-order valence-corrected chi connectivity index (χ4v) is 5.45. The van der Waals surface area contributed by atoms with Crippen molar-refractivity contribution in [2.75, 3.05) is 0 Å². The van der Waals surface area contributed by atoms with Crippen LogP contribution in [0.4, 0.5) is 0 Å². The normalized spacial score (nSPS) is 21.9. The summed E-state index contributed by atoms with van der Waals surface area (Å²) in [5, 5.41) is 23.5. The Balaban J connectivity index is 1.71. The van der Waals surface area contributed by atoms with E-state index in [-0.39, 0.29) is 11.5 Å². The summed E-state index contributed by atoms with van der Waals surface area (Å²) in [6.45, 7) is 3.21. The fraction of sp³-hybridized carbons (Fsp3) is 0.500. The van der Waals surface area contributed by atoms with Crippen LogP contribution in [0, 0.1) is 0 Å². The van der Waals surface area contributed by atoms with Gasteiger partial charge in [0.15, 0.2) is 11.5 Å². The number of benzene rings is 1. The number of phenols is 2. The van der Waals surface area contributed by atoms with E-state index in [2.05, 4.69) is 18.3 Å². The Bertz CT molecular complexity index is 752. The Hall–Kier alpha value is -1.52. The topological polar surface area (TPSA) is 52.5 Å². The Kier molecular flexibility index (Phi) is 4.27. The molecule has 0 saturated carbocycles. The van der Waals surface area contributed by atoms with E-state index in [1.54, 1.807) is 12.1 Å². The molecule has 1 aromatic carbocycles. The third kappa shape index (κ3) is 2.72. The SMILES string of the molecule is CCCCCc1cc2c(s1)CN[C@@H]1CCc3cc(O)c(O)cc3[C@@H]21. The van der Waals surface area contributed by atoms with Gasteiger partial charge in [0.1, 0.15) is 0 Å². The summed E-state index contributed by atoms with van der Waals surface area (Å²) in [7, 11) is 0. The van der Waals surface area contributed by atoms with Gasteiger partial charge in [-0.25, -0.2) is 0 Å². The first kappa shape index (κ1) is 16.0. The van der Waals surface area contributed by atoms with Crippen LogP contribution in [0.5, 0.6) is 11.5 Å². The molecular weight excluding hydrogens is 318 g/mol. The monoisotopic (exact) mass is 343 g/mol. The van der Waals surface area contributed by atoms with Crippen LogP contribution in [0.1, 0.15) is 65.0 Å². The number of unbranched alkanes of at least 4 members (excludes halogenated alkanes) is 2. The van der Waals surface area contributed by atoms with Gasteiger partial charge in [-0.2, -0.15) is 0 Å². The maximum Gasteiger partial charge on any atom is 0.157 e. The second-order valence-corrected chi connectivity index (χ2v) is 8.31. The summed E-state index contributed by atoms with van der Waals surface area (Å²) in [5.41, 5.74) is 3.81. The quantitative estimate of drug-likeness (QED) is 0.568. The molecule has 3 nitrogen and oxygen atoms in total. The molecule has 0 bridgehead atoms. The van der Waals surface area contributed by atoms with Gasteiger partial charge >= 0.3 is 0 Å². The Morgan fingerprint density at radius 2 is 1.96 bits per heavy atom. The van der Waals surface area contributed by atoms with Crippen LogP contribution in [0.25, 0.3) is 0 Å². The zero-order valence-corrected chi connectivity index (χ0v) is 15.0. The Morgan fingerprint density at radius 3 is 2.79 bits per heavy atom. The molecule has 3 N–H and O–H groups in total. The highest BCUT2D eigenvalue weighted by molar-refractivity contribution is 7.12. The molecule has 4 heteroatoms. The average molecular weight is 343 g/mol. The van der Waals surface area contributed by atoms with E-state index in [1.165, 1.54) is 52.1 Å². The molecule has 1 aliphatic carbocycles. The minimum atomic E-state index is -0.0000719.